The molecule has 0 aliphatic carbocycles. The Morgan fingerprint density at radius 2 is 0.955 bits per heavy atom. The van der Waals surface area contributed by atoms with E-state index in [0.717, 1.165) is 0 Å². The number of fused-ring (bicyclic) bond motifs is 1. The number of rotatable bonds is 3. The molecule has 1 aliphatic rings. The van der Waals surface area contributed by atoms with E-state index in [1.807, 2.05) is 23.5 Å². The van der Waals surface area contributed by atoms with Gasteiger partial charge in [0.2, 0.25) is 0 Å². The highest BCUT2D eigenvalue weighted by molar-refractivity contribution is 8.19. The Morgan fingerprint density at radius 3 is 1.41 bits per heavy atom. The van der Waals surface area contributed by atoms with Gasteiger partial charge in [0.1, 0.15) is 0 Å². The van der Waals surface area contributed by atoms with E-state index in [0.29, 0.717) is 10.5 Å². The largest absolute Gasteiger partial charge is 0.109 e. The molecule has 1 heterocycles. The molecule has 1 aliphatic heterocycles. The van der Waals surface area contributed by atoms with Crippen molar-refractivity contribution in [3.05, 3.63) is 96.1 Å². The maximum atomic E-state index is 2.25. The minimum absolute atomic E-state index is 0.407. The van der Waals surface area contributed by atoms with Crippen LogP contribution in [0.2, 0.25) is 0 Å². The third kappa shape index (κ3) is 2.69. The molecule has 0 radical (unpaired) electrons. The van der Waals surface area contributed by atoms with Gasteiger partial charge in [-0.05, 0) is 23.3 Å². The monoisotopic (exact) mass is 320 g/mol. The molecule has 3 aromatic carbocycles. The zero-order valence-electron chi connectivity index (χ0n) is 12.1. The van der Waals surface area contributed by atoms with Crippen molar-refractivity contribution in [1.29, 1.82) is 0 Å². The second-order valence-electron chi connectivity index (χ2n) is 5.35. The summed E-state index contributed by atoms with van der Waals surface area (Å²) in [7, 11) is 0. The Balaban J connectivity index is 1.74. The molecule has 0 nitrogen and oxygen atoms in total. The van der Waals surface area contributed by atoms with Crippen molar-refractivity contribution in [1.82, 2.24) is 0 Å². The standard InChI is InChI=1S/C20H16S2/c1-3-9-15(10-4-1)19(16-11-5-2-6-12-16)20-21-17-13-7-8-14-18(17)22-20/h1-14,19-20H. The minimum Gasteiger partial charge on any atom is -0.109 e. The Kier molecular flexibility index (Phi) is 3.96. The van der Waals surface area contributed by atoms with E-state index in [9.17, 15) is 0 Å². The van der Waals surface area contributed by atoms with Crippen molar-refractivity contribution in [2.75, 3.05) is 0 Å². The predicted molar refractivity (Wildman–Crippen MR) is 96.7 cm³/mol. The van der Waals surface area contributed by atoms with Crippen molar-refractivity contribution >= 4 is 23.5 Å². The van der Waals surface area contributed by atoms with Crippen LogP contribution in [0.25, 0.3) is 0 Å². The summed E-state index contributed by atoms with van der Waals surface area (Å²) in [5, 5.41) is 0. The van der Waals surface area contributed by atoms with Crippen molar-refractivity contribution in [2.24, 2.45) is 0 Å². The maximum Gasteiger partial charge on any atom is 0.0706 e. The van der Waals surface area contributed by atoms with Gasteiger partial charge in [-0.25, -0.2) is 0 Å². The molecule has 22 heavy (non-hydrogen) atoms. The summed E-state index contributed by atoms with van der Waals surface area (Å²) >= 11 is 3.99. The van der Waals surface area contributed by atoms with Crippen LogP contribution in [0.4, 0.5) is 0 Å². The van der Waals surface area contributed by atoms with Crippen LogP contribution >= 0.6 is 23.5 Å². The van der Waals surface area contributed by atoms with E-state index in [1.54, 1.807) is 0 Å². The fraction of sp³-hybridized carbons (Fsp3) is 0.100. The lowest BCUT2D eigenvalue weighted by Crippen LogP contribution is -2.11. The van der Waals surface area contributed by atoms with E-state index in [-0.39, 0.29) is 0 Å². The molecule has 0 N–H and O–H groups in total. The molecule has 0 amide bonds. The van der Waals surface area contributed by atoms with Gasteiger partial charge in [-0.3, -0.25) is 0 Å². The van der Waals surface area contributed by atoms with Crippen LogP contribution in [-0.4, -0.2) is 4.58 Å². The third-order valence-corrected chi connectivity index (χ3v) is 6.86. The number of thioether (sulfide) groups is 2. The predicted octanol–water partition coefficient (Wildman–Crippen LogP) is 6.04. The summed E-state index contributed by atoms with van der Waals surface area (Å²) in [4.78, 5) is 2.82. The van der Waals surface area contributed by atoms with Crippen LogP contribution in [0, 0.1) is 0 Å². The van der Waals surface area contributed by atoms with Crippen molar-refractivity contribution < 1.29 is 0 Å². The summed E-state index contributed by atoms with van der Waals surface area (Å²) in [6.45, 7) is 0. The highest BCUT2D eigenvalue weighted by atomic mass is 32.2. The molecule has 0 atom stereocenters. The molecule has 2 heteroatoms. The van der Waals surface area contributed by atoms with Gasteiger partial charge < -0.3 is 0 Å². The Labute approximate surface area is 140 Å². The zero-order valence-corrected chi connectivity index (χ0v) is 13.7. The van der Waals surface area contributed by atoms with Crippen molar-refractivity contribution in [3.8, 4) is 0 Å². The average Bonchev–Trinajstić information content (AvgIpc) is 3.00. The average molecular weight is 320 g/mol. The Morgan fingerprint density at radius 1 is 0.545 bits per heavy atom. The highest BCUT2D eigenvalue weighted by Crippen LogP contribution is 2.54. The molecular formula is C20H16S2. The van der Waals surface area contributed by atoms with E-state index < -0.39 is 0 Å². The molecule has 108 valence electrons. The molecule has 0 unspecified atom stereocenters. The van der Waals surface area contributed by atoms with Crippen LogP contribution in [0.1, 0.15) is 17.0 Å². The third-order valence-electron chi connectivity index (χ3n) is 3.92. The molecular weight excluding hydrogens is 304 g/mol. The molecule has 0 aromatic heterocycles. The van der Waals surface area contributed by atoms with Crippen LogP contribution in [-0.2, 0) is 0 Å². The van der Waals surface area contributed by atoms with Gasteiger partial charge in [-0.1, -0.05) is 72.8 Å². The molecule has 3 aromatic rings. The number of benzene rings is 3. The highest BCUT2D eigenvalue weighted by Gasteiger charge is 2.32. The number of hydrogen-bond donors (Lipinski definition) is 0. The SMILES string of the molecule is c1ccc(C(c2ccccc2)C2Sc3ccccc3S2)cc1. The lowest BCUT2D eigenvalue weighted by molar-refractivity contribution is 0.904. The quantitative estimate of drug-likeness (QED) is 0.577. The molecule has 0 fully saturated rings. The van der Waals surface area contributed by atoms with Crippen molar-refractivity contribution in [2.45, 2.75) is 20.3 Å². The molecule has 0 bridgehead atoms. The molecule has 4 rings (SSSR count). The van der Waals surface area contributed by atoms with Crippen LogP contribution < -0.4 is 0 Å². The van der Waals surface area contributed by atoms with Crippen LogP contribution in [0.15, 0.2) is 94.7 Å². The van der Waals surface area contributed by atoms with Gasteiger partial charge >= 0.3 is 0 Å². The molecule has 0 saturated heterocycles. The van der Waals surface area contributed by atoms with Gasteiger partial charge in [-0.2, -0.15) is 0 Å². The fourth-order valence-electron chi connectivity index (χ4n) is 2.88. The molecule has 0 saturated carbocycles. The maximum absolute atomic E-state index is 2.25. The lowest BCUT2D eigenvalue weighted by atomic mass is 9.93. The zero-order chi connectivity index (χ0) is 14.8. The van der Waals surface area contributed by atoms with E-state index in [2.05, 4.69) is 84.9 Å². The second kappa shape index (κ2) is 6.23. The van der Waals surface area contributed by atoms with Crippen molar-refractivity contribution in [3.63, 3.8) is 0 Å². The lowest BCUT2D eigenvalue weighted by Gasteiger charge is -2.23. The topological polar surface area (TPSA) is 0 Å². The first-order valence-corrected chi connectivity index (χ1v) is 9.20. The van der Waals surface area contributed by atoms with Crippen LogP contribution in [0.5, 0.6) is 0 Å². The Hall–Kier alpha value is -1.64. The number of hydrogen-bond acceptors (Lipinski definition) is 2. The molecule has 0 spiro atoms. The van der Waals surface area contributed by atoms with E-state index in [1.165, 1.54) is 20.9 Å². The van der Waals surface area contributed by atoms with E-state index in [4.69, 9.17) is 0 Å². The van der Waals surface area contributed by atoms with Gasteiger partial charge in [0.05, 0.1) is 4.58 Å². The van der Waals surface area contributed by atoms with Gasteiger partial charge in [0.15, 0.2) is 0 Å². The minimum atomic E-state index is 0.407. The fourth-order valence-corrected chi connectivity index (χ4v) is 6.07. The first-order valence-electron chi connectivity index (χ1n) is 7.44. The second-order valence-corrected chi connectivity index (χ2v) is 8.02. The van der Waals surface area contributed by atoms with E-state index >= 15 is 0 Å². The van der Waals surface area contributed by atoms with Crippen LogP contribution in [0.3, 0.4) is 0 Å². The van der Waals surface area contributed by atoms with Gasteiger partial charge in [-0.15, -0.1) is 23.5 Å². The summed E-state index contributed by atoms with van der Waals surface area (Å²) in [6, 6.07) is 30.5. The smallest absolute Gasteiger partial charge is 0.0706 e. The summed E-state index contributed by atoms with van der Waals surface area (Å²) in [5.74, 6) is 0.407. The first kappa shape index (κ1) is 14.0. The van der Waals surface area contributed by atoms with Gasteiger partial charge in [0, 0.05) is 15.7 Å². The summed E-state index contributed by atoms with van der Waals surface area (Å²) in [5.41, 5.74) is 2.79. The first-order chi connectivity index (χ1) is 10.9. The normalized spacial score (nSPS) is 14.2. The summed E-state index contributed by atoms with van der Waals surface area (Å²) in [6.07, 6.45) is 0. The Bertz CT molecular complexity index is 688. The van der Waals surface area contributed by atoms with Gasteiger partial charge in [0.25, 0.3) is 0 Å². The summed E-state index contributed by atoms with van der Waals surface area (Å²) < 4.78 is 0.488.